The molecule has 1 saturated heterocycles. The number of aryl methyl sites for hydroxylation is 1. The maximum Gasteiger partial charge on any atom is 0.159 e. The Morgan fingerprint density at radius 1 is 1.38 bits per heavy atom. The topological polar surface area (TPSA) is 83.7 Å². The third kappa shape index (κ3) is 3.26. The lowest BCUT2D eigenvalue weighted by molar-refractivity contribution is 0.595. The third-order valence-electron chi connectivity index (χ3n) is 4.98. The Bertz CT molecular complexity index is 906. The summed E-state index contributed by atoms with van der Waals surface area (Å²) in [6, 6.07) is 5.74. The third-order valence-corrected chi connectivity index (χ3v) is 4.98. The van der Waals surface area contributed by atoms with Crippen molar-refractivity contribution < 1.29 is 4.39 Å². The minimum atomic E-state index is -0.298. The minimum Gasteiger partial charge on any atom is -0.349 e. The molecule has 0 saturated carbocycles. The molecule has 0 unspecified atom stereocenters. The lowest BCUT2D eigenvalue weighted by atomic mass is 9.98. The van der Waals surface area contributed by atoms with E-state index in [1.807, 2.05) is 19.1 Å². The first-order valence-corrected chi connectivity index (χ1v) is 9.08. The molecule has 6 nitrogen and oxygen atoms in total. The van der Waals surface area contributed by atoms with Crippen LogP contribution in [0.3, 0.4) is 0 Å². The SMILES string of the molecule is C[C@@H](N)CCc1ncc(F)cc1[C@H]1CCCN1c1ccc2nc[nH]c2n1. The number of fused-ring (bicyclic) bond motifs is 1. The number of nitrogens with two attached hydrogens (primary N) is 1. The van der Waals surface area contributed by atoms with Gasteiger partial charge in [0.1, 0.15) is 17.2 Å². The van der Waals surface area contributed by atoms with Gasteiger partial charge in [-0.15, -0.1) is 0 Å². The molecule has 1 fully saturated rings. The molecule has 4 rings (SSSR count). The van der Waals surface area contributed by atoms with Gasteiger partial charge in [0.05, 0.1) is 18.6 Å². The zero-order valence-corrected chi connectivity index (χ0v) is 14.8. The van der Waals surface area contributed by atoms with Crippen molar-refractivity contribution in [3.05, 3.63) is 47.8 Å². The van der Waals surface area contributed by atoms with Crippen molar-refractivity contribution in [2.45, 2.75) is 44.7 Å². The summed E-state index contributed by atoms with van der Waals surface area (Å²) >= 11 is 0. The number of halogens is 1. The summed E-state index contributed by atoms with van der Waals surface area (Å²) in [6.07, 6.45) is 6.52. The van der Waals surface area contributed by atoms with E-state index in [4.69, 9.17) is 10.7 Å². The van der Waals surface area contributed by atoms with Crippen molar-refractivity contribution in [1.82, 2.24) is 19.9 Å². The number of aromatic amines is 1. The second kappa shape index (κ2) is 6.99. The van der Waals surface area contributed by atoms with Gasteiger partial charge in [-0.25, -0.2) is 14.4 Å². The predicted molar refractivity (Wildman–Crippen MR) is 99.4 cm³/mol. The van der Waals surface area contributed by atoms with Crippen molar-refractivity contribution >= 4 is 17.0 Å². The number of nitrogens with zero attached hydrogens (tertiary/aromatic N) is 4. The average molecular weight is 354 g/mol. The van der Waals surface area contributed by atoms with Crippen LogP contribution in [-0.2, 0) is 6.42 Å². The van der Waals surface area contributed by atoms with Gasteiger partial charge in [0, 0.05) is 18.3 Å². The quantitative estimate of drug-likeness (QED) is 0.735. The van der Waals surface area contributed by atoms with Crippen LogP contribution in [0.25, 0.3) is 11.2 Å². The number of pyridine rings is 2. The van der Waals surface area contributed by atoms with Crippen molar-refractivity contribution in [3.63, 3.8) is 0 Å². The summed E-state index contributed by atoms with van der Waals surface area (Å²) in [7, 11) is 0. The van der Waals surface area contributed by atoms with Crippen LogP contribution < -0.4 is 10.6 Å². The fourth-order valence-electron chi connectivity index (χ4n) is 3.68. The Kier molecular flexibility index (Phi) is 4.55. The summed E-state index contributed by atoms with van der Waals surface area (Å²) < 4.78 is 14.0. The Labute approximate surface area is 151 Å². The van der Waals surface area contributed by atoms with Gasteiger partial charge < -0.3 is 15.6 Å². The molecule has 0 amide bonds. The molecule has 2 atom stereocenters. The minimum absolute atomic E-state index is 0.0779. The van der Waals surface area contributed by atoms with E-state index >= 15 is 0 Å². The molecule has 0 aliphatic carbocycles. The van der Waals surface area contributed by atoms with Crippen LogP contribution in [0.1, 0.15) is 43.5 Å². The first-order valence-electron chi connectivity index (χ1n) is 9.08. The van der Waals surface area contributed by atoms with E-state index in [1.165, 1.54) is 6.20 Å². The standard InChI is InChI=1S/C19H23FN6/c1-12(21)4-5-15-14(9-13(20)10-22-15)17-3-2-8-26(17)18-7-6-16-19(25-18)24-11-23-16/h6-7,9-12,17H,2-5,8,21H2,1H3,(H,23,24,25)/t12-,17-/m1/s1. The predicted octanol–water partition coefficient (Wildman–Crippen LogP) is 3.11. The van der Waals surface area contributed by atoms with Gasteiger partial charge in [-0.05, 0) is 56.4 Å². The molecule has 1 aliphatic rings. The van der Waals surface area contributed by atoms with Crippen LogP contribution in [0, 0.1) is 5.82 Å². The smallest absolute Gasteiger partial charge is 0.159 e. The summed E-state index contributed by atoms with van der Waals surface area (Å²) in [5, 5.41) is 0. The Hall–Kier alpha value is -2.54. The van der Waals surface area contributed by atoms with E-state index in [9.17, 15) is 4.39 Å². The van der Waals surface area contributed by atoms with E-state index < -0.39 is 0 Å². The number of anilines is 1. The van der Waals surface area contributed by atoms with Crippen LogP contribution in [0.15, 0.2) is 30.7 Å². The molecular weight excluding hydrogens is 331 g/mol. The molecule has 3 aromatic rings. The molecule has 0 aromatic carbocycles. The molecule has 136 valence electrons. The van der Waals surface area contributed by atoms with Crippen LogP contribution in [0.2, 0.25) is 0 Å². The molecule has 1 aliphatic heterocycles. The number of imidazole rings is 1. The number of rotatable bonds is 5. The largest absolute Gasteiger partial charge is 0.349 e. The number of hydrogen-bond donors (Lipinski definition) is 2. The summed E-state index contributed by atoms with van der Waals surface area (Å²) in [6.45, 7) is 2.87. The molecule has 0 bridgehead atoms. The van der Waals surface area contributed by atoms with Gasteiger partial charge in [-0.3, -0.25) is 4.98 Å². The number of aromatic nitrogens is 4. The average Bonchev–Trinajstić information content (AvgIpc) is 3.28. The van der Waals surface area contributed by atoms with Gasteiger partial charge in [0.25, 0.3) is 0 Å². The fourth-order valence-corrected chi connectivity index (χ4v) is 3.68. The zero-order valence-electron chi connectivity index (χ0n) is 14.8. The van der Waals surface area contributed by atoms with Crippen LogP contribution >= 0.6 is 0 Å². The van der Waals surface area contributed by atoms with E-state index in [-0.39, 0.29) is 17.9 Å². The number of hydrogen-bond acceptors (Lipinski definition) is 5. The van der Waals surface area contributed by atoms with Crippen molar-refractivity contribution in [2.24, 2.45) is 5.73 Å². The molecule has 26 heavy (non-hydrogen) atoms. The Morgan fingerprint density at radius 2 is 2.27 bits per heavy atom. The summed E-state index contributed by atoms with van der Waals surface area (Å²) in [5.74, 6) is 0.583. The zero-order chi connectivity index (χ0) is 18.1. The molecule has 0 radical (unpaired) electrons. The fraction of sp³-hybridized carbons (Fsp3) is 0.421. The summed E-state index contributed by atoms with van der Waals surface area (Å²) in [5.41, 5.74) is 9.40. The van der Waals surface area contributed by atoms with Crippen LogP contribution in [0.4, 0.5) is 10.2 Å². The maximum absolute atomic E-state index is 14.0. The van der Waals surface area contributed by atoms with Gasteiger partial charge in [-0.2, -0.15) is 0 Å². The Morgan fingerprint density at radius 3 is 3.12 bits per heavy atom. The monoisotopic (exact) mass is 354 g/mol. The first kappa shape index (κ1) is 16.9. The highest BCUT2D eigenvalue weighted by atomic mass is 19.1. The van der Waals surface area contributed by atoms with E-state index in [1.54, 1.807) is 12.4 Å². The van der Waals surface area contributed by atoms with Gasteiger partial charge in [0.2, 0.25) is 0 Å². The molecular formula is C19H23FN6. The lowest BCUT2D eigenvalue weighted by Gasteiger charge is -2.27. The van der Waals surface area contributed by atoms with Gasteiger partial charge in [0.15, 0.2) is 5.65 Å². The van der Waals surface area contributed by atoms with Gasteiger partial charge in [-0.1, -0.05) is 0 Å². The lowest BCUT2D eigenvalue weighted by Crippen LogP contribution is -2.25. The molecule has 0 spiro atoms. The van der Waals surface area contributed by atoms with E-state index in [0.29, 0.717) is 0 Å². The highest BCUT2D eigenvalue weighted by Gasteiger charge is 2.30. The molecule has 3 aromatic heterocycles. The van der Waals surface area contributed by atoms with Gasteiger partial charge >= 0.3 is 0 Å². The highest BCUT2D eigenvalue weighted by Crippen LogP contribution is 2.37. The summed E-state index contributed by atoms with van der Waals surface area (Å²) in [4.78, 5) is 18.6. The maximum atomic E-state index is 14.0. The molecule has 4 heterocycles. The van der Waals surface area contributed by atoms with Crippen LogP contribution in [-0.4, -0.2) is 32.5 Å². The van der Waals surface area contributed by atoms with Crippen molar-refractivity contribution in [1.29, 1.82) is 0 Å². The van der Waals surface area contributed by atoms with Crippen LogP contribution in [0.5, 0.6) is 0 Å². The van der Waals surface area contributed by atoms with E-state index in [0.717, 1.165) is 60.5 Å². The first-order chi connectivity index (χ1) is 12.6. The molecule has 7 heteroatoms. The van der Waals surface area contributed by atoms with E-state index in [2.05, 4.69) is 19.9 Å². The number of H-pyrrole nitrogens is 1. The van der Waals surface area contributed by atoms with Crippen molar-refractivity contribution in [2.75, 3.05) is 11.4 Å². The second-order valence-corrected chi connectivity index (χ2v) is 7.00. The normalized spacial score (nSPS) is 18.6. The Balaban J connectivity index is 1.68. The number of nitrogens with one attached hydrogen (secondary N) is 1. The highest BCUT2D eigenvalue weighted by molar-refractivity contribution is 5.72. The second-order valence-electron chi connectivity index (χ2n) is 7.00. The molecule has 3 N–H and O–H groups in total. The van der Waals surface area contributed by atoms with Crippen molar-refractivity contribution in [3.8, 4) is 0 Å².